The van der Waals surface area contributed by atoms with E-state index in [9.17, 15) is 4.79 Å². The number of aromatic nitrogens is 2. The van der Waals surface area contributed by atoms with E-state index in [1.54, 1.807) is 6.20 Å². The fourth-order valence-electron chi connectivity index (χ4n) is 1.03. The van der Waals surface area contributed by atoms with Gasteiger partial charge in [0.15, 0.2) is 0 Å². The molecule has 0 amide bonds. The molecular formula is C9H14N2O2. The molecule has 0 aliphatic rings. The van der Waals surface area contributed by atoms with Crippen molar-refractivity contribution in [3.05, 3.63) is 17.7 Å². The van der Waals surface area contributed by atoms with Crippen molar-refractivity contribution in [2.75, 3.05) is 7.11 Å². The molecule has 0 saturated heterocycles. The van der Waals surface area contributed by atoms with Gasteiger partial charge in [-0.05, 0) is 6.42 Å². The summed E-state index contributed by atoms with van der Waals surface area (Å²) in [7, 11) is 1.39. The highest BCUT2D eigenvalue weighted by atomic mass is 16.5. The van der Waals surface area contributed by atoms with Crippen molar-refractivity contribution in [1.29, 1.82) is 0 Å². The van der Waals surface area contributed by atoms with Gasteiger partial charge < -0.3 is 9.72 Å². The standard InChI is InChI=1S/C9H14N2O2/c1-3-7-6-10-8(11-7)4-5-9(12)13-2/h6H,3-5H2,1-2H3,(H,10,11). The van der Waals surface area contributed by atoms with Gasteiger partial charge >= 0.3 is 5.97 Å². The highest BCUT2D eigenvalue weighted by molar-refractivity contribution is 5.69. The van der Waals surface area contributed by atoms with Crippen LogP contribution in [0.4, 0.5) is 0 Å². The Kier molecular flexibility index (Phi) is 3.49. The lowest BCUT2D eigenvalue weighted by molar-refractivity contribution is -0.140. The summed E-state index contributed by atoms with van der Waals surface area (Å²) in [6.07, 6.45) is 3.73. The monoisotopic (exact) mass is 182 g/mol. The van der Waals surface area contributed by atoms with Gasteiger partial charge in [-0.25, -0.2) is 4.98 Å². The zero-order valence-electron chi connectivity index (χ0n) is 7.96. The third kappa shape index (κ3) is 2.89. The van der Waals surface area contributed by atoms with Gasteiger partial charge in [-0.15, -0.1) is 0 Å². The first-order valence-corrected chi connectivity index (χ1v) is 4.35. The molecule has 72 valence electrons. The van der Waals surface area contributed by atoms with Gasteiger partial charge in [0.1, 0.15) is 5.82 Å². The summed E-state index contributed by atoms with van der Waals surface area (Å²) >= 11 is 0. The Morgan fingerprint density at radius 2 is 2.46 bits per heavy atom. The molecule has 4 nitrogen and oxygen atoms in total. The van der Waals surface area contributed by atoms with Crippen LogP contribution in [0.15, 0.2) is 6.20 Å². The second kappa shape index (κ2) is 4.64. The summed E-state index contributed by atoms with van der Waals surface area (Å²) in [5.74, 6) is 0.650. The zero-order valence-corrected chi connectivity index (χ0v) is 7.96. The van der Waals surface area contributed by atoms with E-state index in [4.69, 9.17) is 0 Å². The first-order valence-electron chi connectivity index (χ1n) is 4.35. The molecule has 1 heterocycles. The predicted molar refractivity (Wildman–Crippen MR) is 48.3 cm³/mol. The smallest absolute Gasteiger partial charge is 0.305 e. The molecule has 0 atom stereocenters. The van der Waals surface area contributed by atoms with Gasteiger partial charge in [0, 0.05) is 18.3 Å². The molecule has 0 radical (unpaired) electrons. The zero-order chi connectivity index (χ0) is 9.68. The highest BCUT2D eigenvalue weighted by Gasteiger charge is 2.03. The topological polar surface area (TPSA) is 55.0 Å². The molecule has 1 aromatic rings. The lowest BCUT2D eigenvalue weighted by atomic mass is 10.3. The van der Waals surface area contributed by atoms with E-state index in [1.165, 1.54) is 7.11 Å². The van der Waals surface area contributed by atoms with Crippen molar-refractivity contribution in [3.8, 4) is 0 Å². The Morgan fingerprint density at radius 1 is 1.69 bits per heavy atom. The minimum absolute atomic E-state index is 0.200. The van der Waals surface area contributed by atoms with Crippen LogP contribution in [0.25, 0.3) is 0 Å². The Balaban J connectivity index is 2.41. The Morgan fingerprint density at radius 3 is 3.00 bits per heavy atom. The van der Waals surface area contributed by atoms with Crippen molar-refractivity contribution in [3.63, 3.8) is 0 Å². The number of nitrogens with zero attached hydrogens (tertiary/aromatic N) is 1. The second-order valence-electron chi connectivity index (χ2n) is 2.78. The van der Waals surface area contributed by atoms with E-state index in [0.717, 1.165) is 17.9 Å². The summed E-state index contributed by atoms with van der Waals surface area (Å²) in [5.41, 5.74) is 1.10. The maximum Gasteiger partial charge on any atom is 0.305 e. The largest absolute Gasteiger partial charge is 0.469 e. The van der Waals surface area contributed by atoms with Crippen molar-refractivity contribution in [2.24, 2.45) is 0 Å². The molecule has 1 N–H and O–H groups in total. The van der Waals surface area contributed by atoms with Crippen molar-refractivity contribution < 1.29 is 9.53 Å². The number of rotatable bonds is 4. The van der Waals surface area contributed by atoms with Crippen LogP contribution < -0.4 is 0 Å². The van der Waals surface area contributed by atoms with Crippen LogP contribution >= 0.6 is 0 Å². The number of esters is 1. The minimum atomic E-state index is -0.200. The third-order valence-electron chi connectivity index (χ3n) is 1.86. The van der Waals surface area contributed by atoms with Crippen molar-refractivity contribution in [1.82, 2.24) is 9.97 Å². The number of methoxy groups -OCH3 is 1. The normalized spacial score (nSPS) is 10.0. The number of hydrogen-bond acceptors (Lipinski definition) is 3. The molecule has 0 saturated carbocycles. The first kappa shape index (κ1) is 9.77. The maximum atomic E-state index is 10.8. The molecule has 4 heteroatoms. The van der Waals surface area contributed by atoms with E-state index in [-0.39, 0.29) is 5.97 Å². The summed E-state index contributed by atoms with van der Waals surface area (Å²) in [6.45, 7) is 2.05. The lowest BCUT2D eigenvalue weighted by Gasteiger charge is -1.95. The summed E-state index contributed by atoms with van der Waals surface area (Å²) in [5, 5.41) is 0. The molecule has 0 bridgehead atoms. The van der Waals surface area contributed by atoms with E-state index in [1.807, 2.05) is 0 Å². The van der Waals surface area contributed by atoms with Crippen LogP contribution in [0, 0.1) is 0 Å². The maximum absolute atomic E-state index is 10.8. The average Bonchev–Trinajstić information content (AvgIpc) is 2.61. The molecule has 0 spiro atoms. The van der Waals surface area contributed by atoms with Gasteiger partial charge in [0.25, 0.3) is 0 Å². The number of hydrogen-bond donors (Lipinski definition) is 1. The fourth-order valence-corrected chi connectivity index (χ4v) is 1.03. The number of aromatic amines is 1. The quantitative estimate of drug-likeness (QED) is 0.709. The molecule has 0 aromatic carbocycles. The molecule has 0 aliphatic carbocycles. The van der Waals surface area contributed by atoms with Crippen LogP contribution in [0.2, 0.25) is 0 Å². The number of ether oxygens (including phenoxy) is 1. The second-order valence-corrected chi connectivity index (χ2v) is 2.78. The fraction of sp³-hybridized carbons (Fsp3) is 0.556. The van der Waals surface area contributed by atoms with Crippen molar-refractivity contribution >= 4 is 5.97 Å². The molecule has 13 heavy (non-hydrogen) atoms. The van der Waals surface area contributed by atoms with E-state index < -0.39 is 0 Å². The molecule has 1 rings (SSSR count). The van der Waals surface area contributed by atoms with Crippen LogP contribution in [0.1, 0.15) is 24.9 Å². The number of carbonyl (C=O) groups excluding carboxylic acids is 1. The third-order valence-corrected chi connectivity index (χ3v) is 1.86. The predicted octanol–water partition coefficient (Wildman–Crippen LogP) is 1.08. The number of imidazole rings is 1. The van der Waals surface area contributed by atoms with E-state index in [0.29, 0.717) is 12.8 Å². The van der Waals surface area contributed by atoms with E-state index in [2.05, 4.69) is 21.6 Å². The van der Waals surface area contributed by atoms with Gasteiger partial charge in [-0.2, -0.15) is 0 Å². The highest BCUT2D eigenvalue weighted by Crippen LogP contribution is 2.01. The summed E-state index contributed by atoms with van der Waals surface area (Å²) < 4.78 is 4.52. The van der Waals surface area contributed by atoms with Crippen LogP contribution in [0.3, 0.4) is 0 Å². The van der Waals surface area contributed by atoms with E-state index >= 15 is 0 Å². The van der Waals surface area contributed by atoms with Crippen LogP contribution in [-0.2, 0) is 22.4 Å². The minimum Gasteiger partial charge on any atom is -0.469 e. The van der Waals surface area contributed by atoms with Gasteiger partial charge in [-0.1, -0.05) is 6.92 Å². The Hall–Kier alpha value is -1.32. The lowest BCUT2D eigenvalue weighted by Crippen LogP contribution is -2.02. The van der Waals surface area contributed by atoms with Gasteiger partial charge in [0.2, 0.25) is 0 Å². The molecule has 0 fully saturated rings. The number of aryl methyl sites for hydroxylation is 2. The first-order chi connectivity index (χ1) is 6.26. The summed E-state index contributed by atoms with van der Waals surface area (Å²) in [4.78, 5) is 18.1. The molecule has 0 unspecified atom stereocenters. The summed E-state index contributed by atoms with van der Waals surface area (Å²) in [6, 6.07) is 0. The van der Waals surface area contributed by atoms with Gasteiger partial charge in [0.05, 0.1) is 13.5 Å². The molecule has 0 aliphatic heterocycles. The van der Waals surface area contributed by atoms with Crippen molar-refractivity contribution in [2.45, 2.75) is 26.2 Å². The van der Waals surface area contributed by atoms with Crippen LogP contribution in [0.5, 0.6) is 0 Å². The average molecular weight is 182 g/mol. The number of H-pyrrole nitrogens is 1. The van der Waals surface area contributed by atoms with Crippen LogP contribution in [-0.4, -0.2) is 23.0 Å². The Labute approximate surface area is 77.3 Å². The number of nitrogens with one attached hydrogen (secondary N) is 1. The SMILES string of the molecule is CCc1cnc(CCC(=O)OC)[nH]1. The molecular weight excluding hydrogens is 168 g/mol. The number of carbonyl (C=O) groups is 1. The molecule has 1 aromatic heterocycles. The Bertz CT molecular complexity index is 281. The van der Waals surface area contributed by atoms with Gasteiger partial charge in [-0.3, -0.25) is 4.79 Å².